The van der Waals surface area contributed by atoms with Gasteiger partial charge in [-0.25, -0.2) is 0 Å². The number of nitrogens with one attached hydrogen (secondary N) is 1. The van der Waals surface area contributed by atoms with Crippen LogP contribution in [0.2, 0.25) is 0 Å². The number of piperidine rings is 1. The fraction of sp³-hybridized carbons (Fsp3) is 0.933. The molecule has 3 atom stereocenters. The van der Waals surface area contributed by atoms with Gasteiger partial charge in [-0.3, -0.25) is 9.69 Å². The molecule has 1 aliphatic heterocycles. The molecule has 0 radical (unpaired) electrons. The molecular weight excluding hydrogens is 240 g/mol. The molecule has 4 nitrogen and oxygen atoms in total. The van der Waals surface area contributed by atoms with E-state index in [1.807, 2.05) is 0 Å². The Hall–Kier alpha value is -0.610. The molecule has 1 saturated carbocycles. The van der Waals surface area contributed by atoms with Gasteiger partial charge in [0.1, 0.15) is 0 Å². The number of carboxylic acids is 1. The number of hydrogen-bond donors (Lipinski definition) is 2. The minimum Gasteiger partial charge on any atom is -0.481 e. The predicted octanol–water partition coefficient (Wildman–Crippen LogP) is 2.09. The van der Waals surface area contributed by atoms with Gasteiger partial charge in [0.05, 0.1) is 0 Å². The molecule has 1 aliphatic carbocycles. The van der Waals surface area contributed by atoms with Crippen molar-refractivity contribution in [2.24, 2.45) is 5.92 Å². The number of hydrogen-bond acceptors (Lipinski definition) is 3. The van der Waals surface area contributed by atoms with Crippen LogP contribution in [0.1, 0.15) is 52.4 Å². The number of rotatable bonds is 7. The predicted molar refractivity (Wildman–Crippen MR) is 76.2 cm³/mol. The quantitative estimate of drug-likeness (QED) is 0.742. The number of nitrogens with zero attached hydrogens (tertiary/aromatic N) is 1. The van der Waals surface area contributed by atoms with Crippen LogP contribution in [0.15, 0.2) is 0 Å². The zero-order chi connectivity index (χ0) is 13.8. The summed E-state index contributed by atoms with van der Waals surface area (Å²) in [7, 11) is 0. The van der Waals surface area contributed by atoms with Crippen molar-refractivity contribution in [3.63, 3.8) is 0 Å². The van der Waals surface area contributed by atoms with Crippen molar-refractivity contribution in [1.82, 2.24) is 10.2 Å². The molecule has 0 amide bonds. The minimum absolute atomic E-state index is 0.315. The van der Waals surface area contributed by atoms with Crippen LogP contribution in [0, 0.1) is 5.92 Å². The van der Waals surface area contributed by atoms with E-state index < -0.39 is 5.97 Å². The second-order valence-corrected chi connectivity index (χ2v) is 6.38. The molecule has 1 heterocycles. The second-order valence-electron chi connectivity index (χ2n) is 6.38. The summed E-state index contributed by atoms with van der Waals surface area (Å²) >= 11 is 0. The molecule has 110 valence electrons. The molecule has 2 aliphatic rings. The normalized spacial score (nSPS) is 30.2. The van der Waals surface area contributed by atoms with E-state index in [1.165, 1.54) is 19.3 Å². The summed E-state index contributed by atoms with van der Waals surface area (Å²) in [4.78, 5) is 13.3. The van der Waals surface area contributed by atoms with Crippen molar-refractivity contribution < 1.29 is 9.90 Å². The third-order valence-corrected chi connectivity index (χ3v) is 4.59. The Bertz CT molecular complexity index is 305. The van der Waals surface area contributed by atoms with Gasteiger partial charge in [0.2, 0.25) is 0 Å². The first kappa shape index (κ1) is 14.8. The molecule has 0 bridgehead atoms. The maximum absolute atomic E-state index is 10.8. The van der Waals surface area contributed by atoms with Crippen molar-refractivity contribution in [2.45, 2.75) is 70.5 Å². The lowest BCUT2D eigenvalue weighted by Crippen LogP contribution is -2.52. The summed E-state index contributed by atoms with van der Waals surface area (Å²) in [5, 5.41) is 12.6. The number of aliphatic carboxylic acids is 1. The van der Waals surface area contributed by atoms with Gasteiger partial charge in [0.25, 0.3) is 0 Å². The summed E-state index contributed by atoms with van der Waals surface area (Å²) in [6.07, 6.45) is 6.10. The summed E-state index contributed by atoms with van der Waals surface area (Å²) in [5.41, 5.74) is 0. The van der Waals surface area contributed by atoms with Crippen LogP contribution >= 0.6 is 0 Å². The smallest absolute Gasteiger partial charge is 0.303 e. The zero-order valence-corrected chi connectivity index (χ0v) is 12.3. The number of carboxylic acid groups (broad SMARTS) is 1. The summed E-state index contributed by atoms with van der Waals surface area (Å²) in [6.45, 7) is 6.73. The van der Waals surface area contributed by atoms with Gasteiger partial charge < -0.3 is 10.4 Å². The molecule has 0 aromatic carbocycles. The summed E-state index contributed by atoms with van der Waals surface area (Å²) in [5.74, 6) is -0.123. The lowest BCUT2D eigenvalue weighted by Gasteiger charge is -2.41. The van der Waals surface area contributed by atoms with E-state index in [0.29, 0.717) is 24.4 Å². The Morgan fingerprint density at radius 3 is 2.68 bits per heavy atom. The monoisotopic (exact) mass is 268 g/mol. The van der Waals surface area contributed by atoms with Crippen molar-refractivity contribution >= 4 is 5.97 Å². The highest BCUT2D eigenvalue weighted by molar-refractivity contribution is 5.66. The molecule has 0 aromatic rings. The molecular formula is C15H28N2O2. The fourth-order valence-corrected chi connectivity index (χ4v) is 3.10. The van der Waals surface area contributed by atoms with Gasteiger partial charge in [0.15, 0.2) is 0 Å². The number of carbonyl (C=O) groups is 1. The highest BCUT2D eigenvalue weighted by atomic mass is 16.4. The first-order valence-electron chi connectivity index (χ1n) is 7.80. The Balaban J connectivity index is 1.88. The van der Waals surface area contributed by atoms with Crippen LogP contribution < -0.4 is 5.32 Å². The molecule has 3 unspecified atom stereocenters. The van der Waals surface area contributed by atoms with Crippen molar-refractivity contribution in [3.8, 4) is 0 Å². The zero-order valence-electron chi connectivity index (χ0n) is 12.3. The first-order chi connectivity index (χ1) is 9.08. The van der Waals surface area contributed by atoms with Crippen molar-refractivity contribution in [2.75, 3.05) is 13.1 Å². The van der Waals surface area contributed by atoms with Gasteiger partial charge in [-0.1, -0.05) is 6.92 Å². The van der Waals surface area contributed by atoms with Gasteiger partial charge in [0, 0.05) is 37.6 Å². The van der Waals surface area contributed by atoms with E-state index >= 15 is 0 Å². The average Bonchev–Trinajstić information content (AvgIpc) is 3.19. The van der Waals surface area contributed by atoms with E-state index in [1.54, 1.807) is 0 Å². The molecule has 19 heavy (non-hydrogen) atoms. The topological polar surface area (TPSA) is 52.6 Å². The Morgan fingerprint density at radius 1 is 1.37 bits per heavy atom. The van der Waals surface area contributed by atoms with E-state index in [2.05, 4.69) is 24.1 Å². The Labute approximate surface area is 116 Å². The first-order valence-corrected chi connectivity index (χ1v) is 7.80. The van der Waals surface area contributed by atoms with Gasteiger partial charge in [-0.15, -0.1) is 0 Å². The van der Waals surface area contributed by atoms with Crippen molar-refractivity contribution in [3.05, 3.63) is 0 Å². The summed E-state index contributed by atoms with van der Waals surface area (Å²) < 4.78 is 0. The highest BCUT2D eigenvalue weighted by Crippen LogP contribution is 2.27. The van der Waals surface area contributed by atoms with Crippen LogP contribution in [-0.2, 0) is 4.79 Å². The largest absolute Gasteiger partial charge is 0.481 e. The Morgan fingerprint density at radius 2 is 2.11 bits per heavy atom. The van der Waals surface area contributed by atoms with Gasteiger partial charge in [-0.2, -0.15) is 0 Å². The van der Waals surface area contributed by atoms with E-state index in [-0.39, 0.29) is 0 Å². The SMILES string of the molecule is CCC(C)N1CC(CCC(=O)O)CC(NC2CC2)C1. The average molecular weight is 268 g/mol. The van der Waals surface area contributed by atoms with Crippen LogP contribution in [0.5, 0.6) is 0 Å². The lowest BCUT2D eigenvalue weighted by molar-refractivity contribution is -0.137. The fourth-order valence-electron chi connectivity index (χ4n) is 3.10. The van der Waals surface area contributed by atoms with Gasteiger partial charge >= 0.3 is 5.97 Å². The summed E-state index contributed by atoms with van der Waals surface area (Å²) in [6, 6.07) is 1.91. The highest BCUT2D eigenvalue weighted by Gasteiger charge is 2.32. The lowest BCUT2D eigenvalue weighted by atomic mass is 9.89. The molecule has 1 saturated heterocycles. The van der Waals surface area contributed by atoms with E-state index in [4.69, 9.17) is 5.11 Å². The van der Waals surface area contributed by atoms with Crippen LogP contribution in [-0.4, -0.2) is 47.2 Å². The van der Waals surface area contributed by atoms with Crippen LogP contribution in [0.4, 0.5) is 0 Å². The number of likely N-dealkylation sites (tertiary alicyclic amines) is 1. The molecule has 2 N–H and O–H groups in total. The molecule has 0 spiro atoms. The molecule has 2 fully saturated rings. The van der Waals surface area contributed by atoms with Crippen LogP contribution in [0.3, 0.4) is 0 Å². The standard InChI is InChI=1S/C15H28N2O2/c1-3-11(2)17-9-12(4-7-15(18)19)8-14(10-17)16-13-5-6-13/h11-14,16H,3-10H2,1-2H3,(H,18,19). The molecule has 2 rings (SSSR count). The van der Waals surface area contributed by atoms with Crippen molar-refractivity contribution in [1.29, 1.82) is 0 Å². The van der Waals surface area contributed by atoms with Gasteiger partial charge in [-0.05, 0) is 44.9 Å². The Kier molecular flexibility index (Phi) is 5.22. The molecule has 4 heteroatoms. The maximum Gasteiger partial charge on any atom is 0.303 e. The van der Waals surface area contributed by atoms with E-state index in [0.717, 1.165) is 32.0 Å². The second kappa shape index (κ2) is 6.71. The van der Waals surface area contributed by atoms with E-state index in [9.17, 15) is 4.79 Å². The third kappa shape index (κ3) is 4.77. The molecule has 0 aromatic heterocycles. The third-order valence-electron chi connectivity index (χ3n) is 4.59. The maximum atomic E-state index is 10.8. The minimum atomic E-state index is -0.660. The van der Waals surface area contributed by atoms with Crippen LogP contribution in [0.25, 0.3) is 0 Å².